The summed E-state index contributed by atoms with van der Waals surface area (Å²) in [7, 11) is 0. The lowest BCUT2D eigenvalue weighted by molar-refractivity contribution is -0.121. The van der Waals surface area contributed by atoms with E-state index in [0.717, 1.165) is 35.9 Å². The Kier molecular flexibility index (Phi) is 5.77. The zero-order valence-corrected chi connectivity index (χ0v) is 12.8. The summed E-state index contributed by atoms with van der Waals surface area (Å²) in [6, 6.07) is 5.88. The molecule has 0 aliphatic rings. The molecule has 1 aromatic carbocycles. The van der Waals surface area contributed by atoms with Crippen LogP contribution in [0.1, 0.15) is 38.2 Å². The van der Waals surface area contributed by atoms with Crippen molar-refractivity contribution in [3.05, 3.63) is 34.2 Å². The topological polar surface area (TPSA) is 98.0 Å². The molecule has 0 aliphatic carbocycles. The van der Waals surface area contributed by atoms with Crippen LogP contribution >= 0.6 is 0 Å². The monoisotopic (exact) mass is 305 g/mol. The molecular weight excluding hydrogens is 282 g/mol. The second kappa shape index (κ2) is 7.79. The van der Waals surface area contributed by atoms with E-state index in [0.29, 0.717) is 12.8 Å². The van der Waals surface area contributed by atoms with E-state index in [4.69, 9.17) is 5.11 Å². The predicted octanol–water partition coefficient (Wildman–Crippen LogP) is 1.46. The summed E-state index contributed by atoms with van der Waals surface area (Å²) in [5, 5.41) is 11.7. The van der Waals surface area contributed by atoms with E-state index in [1.165, 1.54) is 0 Å². The maximum absolute atomic E-state index is 11.8. The van der Waals surface area contributed by atoms with E-state index in [2.05, 4.69) is 15.3 Å². The number of carbonyl (C=O) groups excluding carboxylic acids is 1. The third-order valence-corrected chi connectivity index (χ3v) is 3.65. The van der Waals surface area contributed by atoms with Crippen molar-refractivity contribution < 1.29 is 9.90 Å². The Morgan fingerprint density at radius 1 is 1.27 bits per heavy atom. The van der Waals surface area contributed by atoms with Crippen LogP contribution in [0.3, 0.4) is 0 Å². The Hall–Kier alpha value is -2.08. The Labute approximate surface area is 128 Å². The molecule has 0 radical (unpaired) electrons. The van der Waals surface area contributed by atoms with Gasteiger partial charge in [-0.2, -0.15) is 0 Å². The smallest absolute Gasteiger partial charge is 0.323 e. The summed E-state index contributed by atoms with van der Waals surface area (Å²) in [5.74, 6) is 0.0431. The van der Waals surface area contributed by atoms with Crippen molar-refractivity contribution in [1.82, 2.24) is 15.3 Å². The second-order valence-electron chi connectivity index (χ2n) is 5.65. The van der Waals surface area contributed by atoms with Crippen LogP contribution in [-0.2, 0) is 11.2 Å². The van der Waals surface area contributed by atoms with Gasteiger partial charge in [0.15, 0.2) is 0 Å². The van der Waals surface area contributed by atoms with E-state index in [-0.39, 0.29) is 24.2 Å². The molecule has 120 valence electrons. The van der Waals surface area contributed by atoms with Gasteiger partial charge in [-0.15, -0.1) is 0 Å². The number of nitrogens with one attached hydrogen (secondary N) is 3. The normalized spacial score (nSPS) is 12.5. The summed E-state index contributed by atoms with van der Waals surface area (Å²) in [4.78, 5) is 28.4. The number of fused-ring (bicyclic) bond motifs is 1. The van der Waals surface area contributed by atoms with Crippen LogP contribution in [-0.4, -0.2) is 33.6 Å². The quantitative estimate of drug-likeness (QED) is 0.594. The molecule has 1 unspecified atom stereocenters. The van der Waals surface area contributed by atoms with Crippen molar-refractivity contribution in [2.45, 2.75) is 45.1 Å². The van der Waals surface area contributed by atoms with Gasteiger partial charge in [0, 0.05) is 19.1 Å². The van der Waals surface area contributed by atoms with Crippen molar-refractivity contribution in [3.63, 3.8) is 0 Å². The zero-order valence-electron chi connectivity index (χ0n) is 12.8. The van der Waals surface area contributed by atoms with Crippen LogP contribution in [0.25, 0.3) is 11.0 Å². The van der Waals surface area contributed by atoms with Crippen molar-refractivity contribution in [3.8, 4) is 0 Å². The van der Waals surface area contributed by atoms with E-state index < -0.39 is 0 Å². The van der Waals surface area contributed by atoms with E-state index in [1.807, 2.05) is 25.1 Å². The summed E-state index contributed by atoms with van der Waals surface area (Å²) >= 11 is 0. The number of aliphatic hydroxyl groups is 1. The highest BCUT2D eigenvalue weighted by Gasteiger charge is 2.07. The SMILES string of the molecule is CC(CCCO)NC(=O)CCCc1ccc2[nH]c(=O)[nH]c2c1. The second-order valence-corrected chi connectivity index (χ2v) is 5.65. The van der Waals surface area contributed by atoms with Crippen LogP contribution in [0.2, 0.25) is 0 Å². The fourth-order valence-corrected chi connectivity index (χ4v) is 2.50. The molecule has 0 saturated carbocycles. The molecule has 6 nitrogen and oxygen atoms in total. The van der Waals surface area contributed by atoms with Crippen LogP contribution in [0.4, 0.5) is 0 Å². The van der Waals surface area contributed by atoms with Crippen LogP contribution in [0, 0.1) is 0 Å². The van der Waals surface area contributed by atoms with Gasteiger partial charge < -0.3 is 20.4 Å². The van der Waals surface area contributed by atoms with Crippen LogP contribution in [0.15, 0.2) is 23.0 Å². The molecule has 0 bridgehead atoms. The lowest BCUT2D eigenvalue weighted by atomic mass is 10.1. The van der Waals surface area contributed by atoms with Gasteiger partial charge in [0.1, 0.15) is 0 Å². The van der Waals surface area contributed by atoms with Gasteiger partial charge in [-0.1, -0.05) is 6.07 Å². The average molecular weight is 305 g/mol. The first-order valence-electron chi connectivity index (χ1n) is 7.69. The first-order valence-corrected chi connectivity index (χ1v) is 7.69. The zero-order chi connectivity index (χ0) is 15.9. The minimum Gasteiger partial charge on any atom is -0.396 e. The molecular formula is C16H23N3O3. The molecule has 1 aromatic heterocycles. The van der Waals surface area contributed by atoms with Crippen molar-refractivity contribution in [2.24, 2.45) is 0 Å². The Morgan fingerprint density at radius 3 is 2.82 bits per heavy atom. The average Bonchev–Trinajstić information content (AvgIpc) is 2.84. The summed E-state index contributed by atoms with van der Waals surface area (Å²) in [6.07, 6.45) is 3.53. The van der Waals surface area contributed by atoms with Crippen molar-refractivity contribution >= 4 is 16.9 Å². The number of H-pyrrole nitrogens is 2. The Morgan fingerprint density at radius 2 is 2.05 bits per heavy atom. The molecule has 1 heterocycles. The van der Waals surface area contributed by atoms with Gasteiger partial charge in [-0.25, -0.2) is 4.79 Å². The molecule has 1 amide bonds. The van der Waals surface area contributed by atoms with Crippen molar-refractivity contribution in [1.29, 1.82) is 0 Å². The third-order valence-electron chi connectivity index (χ3n) is 3.65. The molecule has 2 aromatic rings. The fourth-order valence-electron chi connectivity index (χ4n) is 2.50. The number of benzene rings is 1. The number of hydrogen-bond acceptors (Lipinski definition) is 3. The molecule has 22 heavy (non-hydrogen) atoms. The highest BCUT2D eigenvalue weighted by molar-refractivity contribution is 5.76. The van der Waals surface area contributed by atoms with Gasteiger partial charge in [-0.3, -0.25) is 4.79 Å². The van der Waals surface area contributed by atoms with E-state index in [9.17, 15) is 9.59 Å². The maximum Gasteiger partial charge on any atom is 0.323 e. The molecule has 4 N–H and O–H groups in total. The number of rotatable bonds is 8. The maximum atomic E-state index is 11.8. The number of aromatic nitrogens is 2. The standard InChI is InChI=1S/C16H23N3O3/c1-11(4-3-9-20)17-15(21)6-2-5-12-7-8-13-14(10-12)19-16(22)18-13/h7-8,10-11,20H,2-6,9H2,1H3,(H,17,21)(H2,18,19,22). The number of aromatic amines is 2. The molecule has 2 rings (SSSR count). The first-order chi connectivity index (χ1) is 10.6. The highest BCUT2D eigenvalue weighted by Crippen LogP contribution is 2.12. The minimum absolute atomic E-state index is 0.0431. The van der Waals surface area contributed by atoms with Gasteiger partial charge in [0.25, 0.3) is 0 Å². The molecule has 0 aliphatic heterocycles. The van der Waals surface area contributed by atoms with Crippen molar-refractivity contribution in [2.75, 3.05) is 6.61 Å². The predicted molar refractivity (Wildman–Crippen MR) is 85.8 cm³/mol. The van der Waals surface area contributed by atoms with E-state index in [1.54, 1.807) is 0 Å². The largest absolute Gasteiger partial charge is 0.396 e. The number of aryl methyl sites for hydroxylation is 1. The number of hydrogen-bond donors (Lipinski definition) is 4. The Balaban J connectivity index is 1.77. The molecule has 1 atom stereocenters. The summed E-state index contributed by atoms with van der Waals surface area (Å²) < 4.78 is 0. The Bertz CT molecular complexity index is 675. The van der Waals surface area contributed by atoms with Gasteiger partial charge in [0.2, 0.25) is 5.91 Å². The molecule has 0 fully saturated rings. The third kappa shape index (κ3) is 4.73. The van der Waals surface area contributed by atoms with Gasteiger partial charge >= 0.3 is 5.69 Å². The molecule has 6 heteroatoms. The van der Waals surface area contributed by atoms with Crippen LogP contribution < -0.4 is 11.0 Å². The van der Waals surface area contributed by atoms with E-state index >= 15 is 0 Å². The number of aliphatic hydroxyl groups excluding tert-OH is 1. The summed E-state index contributed by atoms with van der Waals surface area (Å²) in [6.45, 7) is 2.10. The lowest BCUT2D eigenvalue weighted by Crippen LogP contribution is -2.32. The van der Waals surface area contributed by atoms with Gasteiger partial charge in [-0.05, 0) is 50.3 Å². The van der Waals surface area contributed by atoms with Crippen LogP contribution in [0.5, 0.6) is 0 Å². The first kappa shape index (κ1) is 16.3. The fraction of sp³-hybridized carbons (Fsp3) is 0.500. The number of amides is 1. The van der Waals surface area contributed by atoms with Gasteiger partial charge in [0.05, 0.1) is 11.0 Å². The summed E-state index contributed by atoms with van der Waals surface area (Å²) in [5.41, 5.74) is 2.49. The highest BCUT2D eigenvalue weighted by atomic mass is 16.3. The molecule has 0 saturated heterocycles. The minimum atomic E-state index is -0.205. The molecule has 0 spiro atoms. The number of carbonyl (C=O) groups is 1. The lowest BCUT2D eigenvalue weighted by Gasteiger charge is -2.13. The number of imidazole rings is 1.